The summed E-state index contributed by atoms with van der Waals surface area (Å²) in [7, 11) is 0. The van der Waals surface area contributed by atoms with E-state index < -0.39 is 52.7 Å². The zero-order valence-corrected chi connectivity index (χ0v) is 21.6. The number of hydrogen-bond acceptors (Lipinski definition) is 7. The number of amides is 2. The molecule has 5 rings (SSSR count). The number of anilines is 2. The minimum absolute atomic E-state index is 0.101. The predicted molar refractivity (Wildman–Crippen MR) is 139 cm³/mol. The van der Waals surface area contributed by atoms with Gasteiger partial charge >= 0.3 is 6.18 Å². The Morgan fingerprint density at radius 3 is 2.33 bits per heavy atom. The lowest BCUT2D eigenvalue weighted by Gasteiger charge is -2.36. The molecule has 2 amide bonds. The summed E-state index contributed by atoms with van der Waals surface area (Å²) in [6.07, 6.45) is -5.54. The first-order chi connectivity index (χ1) is 20.0. The van der Waals surface area contributed by atoms with Gasteiger partial charge in [0.2, 0.25) is 11.7 Å². The van der Waals surface area contributed by atoms with Crippen molar-refractivity contribution in [2.75, 3.05) is 36.4 Å². The van der Waals surface area contributed by atoms with Crippen molar-refractivity contribution in [1.82, 2.24) is 14.9 Å². The third kappa shape index (κ3) is 6.07. The molecule has 0 bridgehead atoms. The maximum atomic E-state index is 14.0. The van der Waals surface area contributed by atoms with Gasteiger partial charge in [0, 0.05) is 37.3 Å². The van der Waals surface area contributed by atoms with E-state index in [-0.39, 0.29) is 43.3 Å². The van der Waals surface area contributed by atoms with E-state index in [1.165, 1.54) is 35.4 Å². The van der Waals surface area contributed by atoms with Crippen LogP contribution in [0.25, 0.3) is 11.5 Å². The third-order valence-electron chi connectivity index (χ3n) is 6.53. The van der Waals surface area contributed by atoms with E-state index in [2.05, 4.69) is 15.3 Å². The molecule has 1 aliphatic heterocycles. The molecule has 1 fully saturated rings. The van der Waals surface area contributed by atoms with Gasteiger partial charge in [0.15, 0.2) is 11.8 Å². The fourth-order valence-electron chi connectivity index (χ4n) is 4.39. The Labute approximate surface area is 235 Å². The van der Waals surface area contributed by atoms with Crippen molar-refractivity contribution in [2.24, 2.45) is 0 Å². The molecule has 4 aromatic rings. The average molecular weight is 588 g/mol. The van der Waals surface area contributed by atoms with E-state index in [0.717, 1.165) is 18.2 Å². The van der Waals surface area contributed by atoms with Gasteiger partial charge in [-0.1, -0.05) is 18.2 Å². The van der Waals surface area contributed by atoms with Gasteiger partial charge in [0.05, 0.1) is 11.9 Å². The molecule has 218 valence electrons. The average Bonchev–Trinajstić information content (AvgIpc) is 3.46. The highest BCUT2D eigenvalue weighted by Crippen LogP contribution is 2.35. The molecule has 1 aliphatic rings. The zero-order chi connectivity index (χ0) is 30.0. The number of carbonyl (C=O) groups is 2. The first-order valence-corrected chi connectivity index (χ1v) is 12.6. The maximum absolute atomic E-state index is 14.0. The molecular weight excluding hydrogens is 565 g/mol. The molecule has 1 atom stereocenters. The zero-order valence-electron chi connectivity index (χ0n) is 21.6. The van der Waals surface area contributed by atoms with Gasteiger partial charge in [-0.25, -0.2) is 18.7 Å². The molecule has 3 heterocycles. The van der Waals surface area contributed by atoms with Gasteiger partial charge in [-0.05, 0) is 42.5 Å². The smallest absolute Gasteiger partial charge is 0.430 e. The van der Waals surface area contributed by atoms with E-state index in [1.807, 2.05) is 0 Å². The first kappa shape index (κ1) is 28.7. The van der Waals surface area contributed by atoms with Crippen LogP contribution in [0.5, 0.6) is 0 Å². The highest BCUT2D eigenvalue weighted by molar-refractivity contribution is 6.03. The van der Waals surface area contributed by atoms with Gasteiger partial charge in [-0.15, -0.1) is 0 Å². The predicted octanol–water partition coefficient (Wildman–Crippen LogP) is 4.67. The van der Waals surface area contributed by atoms with E-state index >= 15 is 0 Å². The Bertz CT molecular complexity index is 1590. The van der Waals surface area contributed by atoms with Crippen molar-refractivity contribution in [3.05, 3.63) is 95.5 Å². The molecule has 0 radical (unpaired) electrons. The standard InChI is InChI=1S/C28H22F5N5O4/c29-17-6-8-20(30)19(14-17)22(39)27(41)38-12-10-37(11-13-38)21-9-7-18(15-34-21)35-25(40)23-24(28(31,32)33)36-26(42-23)16-4-2-1-3-5-16/h1-9,14-15,22,39H,10-13H2,(H,35,40). The Hall–Kier alpha value is -4.85. The Morgan fingerprint density at radius 2 is 1.69 bits per heavy atom. The lowest BCUT2D eigenvalue weighted by atomic mass is 10.1. The summed E-state index contributed by atoms with van der Waals surface area (Å²) in [4.78, 5) is 36.2. The van der Waals surface area contributed by atoms with E-state index in [0.29, 0.717) is 5.82 Å². The monoisotopic (exact) mass is 587 g/mol. The molecule has 0 saturated carbocycles. The largest absolute Gasteiger partial charge is 0.437 e. The van der Waals surface area contributed by atoms with Crippen LogP contribution in [0, 0.1) is 11.6 Å². The van der Waals surface area contributed by atoms with Gasteiger partial charge in [0.25, 0.3) is 11.8 Å². The number of nitrogens with one attached hydrogen (secondary N) is 1. The number of carbonyl (C=O) groups excluding carboxylic acids is 2. The molecule has 1 unspecified atom stereocenters. The fourth-order valence-corrected chi connectivity index (χ4v) is 4.39. The second-order valence-electron chi connectivity index (χ2n) is 9.30. The summed E-state index contributed by atoms with van der Waals surface area (Å²) in [5.41, 5.74) is -1.54. The summed E-state index contributed by atoms with van der Waals surface area (Å²) in [5, 5.41) is 12.6. The lowest BCUT2D eigenvalue weighted by Crippen LogP contribution is -2.50. The number of aliphatic hydroxyl groups is 1. The molecule has 2 aromatic carbocycles. The first-order valence-electron chi connectivity index (χ1n) is 12.6. The van der Waals surface area contributed by atoms with E-state index in [4.69, 9.17) is 4.42 Å². The van der Waals surface area contributed by atoms with Crippen LogP contribution in [-0.2, 0) is 11.0 Å². The van der Waals surface area contributed by atoms with Gasteiger partial charge in [-0.2, -0.15) is 13.2 Å². The van der Waals surface area contributed by atoms with Crippen molar-refractivity contribution in [1.29, 1.82) is 0 Å². The molecule has 1 saturated heterocycles. The highest BCUT2D eigenvalue weighted by Gasteiger charge is 2.41. The van der Waals surface area contributed by atoms with Crippen molar-refractivity contribution in [2.45, 2.75) is 12.3 Å². The third-order valence-corrected chi connectivity index (χ3v) is 6.53. The van der Waals surface area contributed by atoms with Gasteiger partial charge in [0.1, 0.15) is 17.5 Å². The number of halogens is 5. The number of piperazine rings is 1. The van der Waals surface area contributed by atoms with Gasteiger partial charge in [-0.3, -0.25) is 9.59 Å². The van der Waals surface area contributed by atoms with E-state index in [9.17, 15) is 36.6 Å². The Morgan fingerprint density at radius 1 is 0.976 bits per heavy atom. The van der Waals surface area contributed by atoms with Crippen molar-refractivity contribution < 1.29 is 41.1 Å². The molecule has 2 N–H and O–H groups in total. The van der Waals surface area contributed by atoms with Crippen LogP contribution in [0.15, 0.2) is 71.3 Å². The van der Waals surface area contributed by atoms with Crippen LogP contribution in [0.2, 0.25) is 0 Å². The van der Waals surface area contributed by atoms with E-state index in [1.54, 1.807) is 23.1 Å². The summed E-state index contributed by atoms with van der Waals surface area (Å²) >= 11 is 0. The van der Waals surface area contributed by atoms with Crippen LogP contribution < -0.4 is 10.2 Å². The number of benzene rings is 2. The summed E-state index contributed by atoms with van der Waals surface area (Å²) < 4.78 is 73.4. The second-order valence-corrected chi connectivity index (χ2v) is 9.30. The highest BCUT2D eigenvalue weighted by atomic mass is 19.4. The van der Waals surface area contributed by atoms with Crippen molar-refractivity contribution in [3.63, 3.8) is 0 Å². The number of pyridine rings is 1. The lowest BCUT2D eigenvalue weighted by molar-refractivity contribution is -0.142. The Balaban J connectivity index is 1.22. The number of oxazole rings is 1. The number of rotatable bonds is 6. The molecule has 14 heteroatoms. The minimum Gasteiger partial charge on any atom is -0.430 e. The number of aromatic nitrogens is 2. The maximum Gasteiger partial charge on any atom is 0.437 e. The quantitative estimate of drug-likeness (QED) is 0.316. The van der Waals surface area contributed by atoms with Crippen LogP contribution in [0.1, 0.15) is 27.9 Å². The molecule has 2 aromatic heterocycles. The molecule has 9 nitrogen and oxygen atoms in total. The van der Waals surface area contributed by atoms with Crippen molar-refractivity contribution >= 4 is 23.3 Å². The summed E-state index contributed by atoms with van der Waals surface area (Å²) in [6.45, 7) is 0.890. The molecule has 42 heavy (non-hydrogen) atoms. The van der Waals surface area contributed by atoms with Crippen molar-refractivity contribution in [3.8, 4) is 11.5 Å². The minimum atomic E-state index is -4.93. The summed E-state index contributed by atoms with van der Waals surface area (Å²) in [6, 6.07) is 13.3. The van der Waals surface area contributed by atoms with Crippen LogP contribution in [0.4, 0.5) is 33.5 Å². The normalized spacial score (nSPS) is 14.5. The number of hydrogen-bond donors (Lipinski definition) is 2. The van der Waals surface area contributed by atoms with Crippen LogP contribution in [0.3, 0.4) is 0 Å². The number of aliphatic hydroxyl groups excluding tert-OH is 1. The van der Waals surface area contributed by atoms with Crippen LogP contribution >= 0.6 is 0 Å². The number of alkyl halides is 3. The number of nitrogens with zero attached hydrogens (tertiary/aromatic N) is 4. The summed E-state index contributed by atoms with van der Waals surface area (Å²) in [5.74, 6) is -4.51. The second kappa shape index (κ2) is 11.6. The Kier molecular flexibility index (Phi) is 7.89. The van der Waals surface area contributed by atoms with Crippen LogP contribution in [-0.4, -0.2) is 58.0 Å². The fraction of sp³-hybridized carbons (Fsp3) is 0.214. The molecule has 0 aliphatic carbocycles. The molecule has 0 spiro atoms. The topological polar surface area (TPSA) is 112 Å². The van der Waals surface area contributed by atoms with Gasteiger partial charge < -0.3 is 24.6 Å². The SMILES string of the molecule is O=C(Nc1ccc(N2CCN(C(=O)C(O)c3cc(F)ccc3F)CC2)nc1)c1oc(-c2ccccc2)nc1C(F)(F)F. The molecular formula is C28H22F5N5O4.